The Morgan fingerprint density at radius 2 is 2.50 bits per heavy atom. The third-order valence-corrected chi connectivity index (χ3v) is 2.39. The van der Waals surface area contributed by atoms with Gasteiger partial charge < -0.3 is 10.2 Å². The van der Waals surface area contributed by atoms with Gasteiger partial charge in [0.05, 0.1) is 25.8 Å². The SMILES string of the molecule is C=CCn1cc(CNC2=NCCN2C)nn1. The van der Waals surface area contributed by atoms with E-state index in [1.54, 1.807) is 10.8 Å². The molecule has 1 N–H and O–H groups in total. The highest BCUT2D eigenvalue weighted by Gasteiger charge is 2.11. The second-order valence-corrected chi connectivity index (χ2v) is 3.70. The van der Waals surface area contributed by atoms with Crippen molar-refractivity contribution in [2.45, 2.75) is 13.1 Å². The van der Waals surface area contributed by atoms with Crippen LogP contribution in [0.25, 0.3) is 0 Å². The topological polar surface area (TPSA) is 58.3 Å². The molecule has 6 nitrogen and oxygen atoms in total. The lowest BCUT2D eigenvalue weighted by Crippen LogP contribution is -2.35. The fourth-order valence-electron chi connectivity index (χ4n) is 1.53. The number of aliphatic imine (C=N–C) groups is 1. The van der Waals surface area contributed by atoms with Crippen molar-refractivity contribution in [3.63, 3.8) is 0 Å². The zero-order chi connectivity index (χ0) is 11.4. The second-order valence-electron chi connectivity index (χ2n) is 3.70. The van der Waals surface area contributed by atoms with Gasteiger partial charge in [-0.2, -0.15) is 0 Å². The van der Waals surface area contributed by atoms with Crippen molar-refractivity contribution in [1.82, 2.24) is 25.2 Å². The largest absolute Gasteiger partial charge is 0.350 e. The van der Waals surface area contributed by atoms with Gasteiger partial charge in [-0.25, -0.2) is 4.68 Å². The molecule has 0 bridgehead atoms. The van der Waals surface area contributed by atoms with E-state index in [4.69, 9.17) is 0 Å². The molecule has 16 heavy (non-hydrogen) atoms. The summed E-state index contributed by atoms with van der Waals surface area (Å²) in [5, 5.41) is 11.3. The first-order valence-electron chi connectivity index (χ1n) is 5.29. The summed E-state index contributed by atoms with van der Waals surface area (Å²) in [7, 11) is 2.02. The molecule has 1 aromatic heterocycles. The van der Waals surface area contributed by atoms with Crippen LogP contribution < -0.4 is 5.32 Å². The number of aromatic nitrogens is 3. The van der Waals surface area contributed by atoms with Gasteiger partial charge in [0.25, 0.3) is 0 Å². The fraction of sp³-hybridized carbons (Fsp3) is 0.500. The molecule has 0 atom stereocenters. The van der Waals surface area contributed by atoms with E-state index < -0.39 is 0 Å². The third-order valence-electron chi connectivity index (χ3n) is 2.39. The highest BCUT2D eigenvalue weighted by atomic mass is 15.4. The van der Waals surface area contributed by atoms with E-state index in [9.17, 15) is 0 Å². The van der Waals surface area contributed by atoms with E-state index in [0.29, 0.717) is 13.1 Å². The Labute approximate surface area is 94.7 Å². The van der Waals surface area contributed by atoms with E-state index in [-0.39, 0.29) is 0 Å². The summed E-state index contributed by atoms with van der Waals surface area (Å²) in [6.45, 7) is 6.84. The van der Waals surface area contributed by atoms with Crippen LogP contribution in [0, 0.1) is 0 Å². The molecule has 0 unspecified atom stereocenters. The van der Waals surface area contributed by atoms with E-state index in [1.807, 2.05) is 13.2 Å². The second kappa shape index (κ2) is 4.78. The van der Waals surface area contributed by atoms with Crippen LogP contribution in [-0.4, -0.2) is 46.0 Å². The Hall–Kier alpha value is -1.85. The van der Waals surface area contributed by atoms with Gasteiger partial charge in [-0.15, -0.1) is 11.7 Å². The van der Waals surface area contributed by atoms with Crippen LogP contribution in [0.4, 0.5) is 0 Å². The smallest absolute Gasteiger partial charge is 0.194 e. The van der Waals surface area contributed by atoms with Crippen molar-refractivity contribution in [3.05, 3.63) is 24.5 Å². The Kier molecular flexibility index (Phi) is 3.19. The van der Waals surface area contributed by atoms with E-state index >= 15 is 0 Å². The van der Waals surface area contributed by atoms with Gasteiger partial charge in [0.15, 0.2) is 5.96 Å². The van der Waals surface area contributed by atoms with Gasteiger partial charge in [-0.1, -0.05) is 11.3 Å². The maximum atomic E-state index is 4.34. The highest BCUT2D eigenvalue weighted by Crippen LogP contribution is 1.97. The highest BCUT2D eigenvalue weighted by molar-refractivity contribution is 5.81. The molecule has 1 aromatic rings. The van der Waals surface area contributed by atoms with Gasteiger partial charge in [-0.05, 0) is 0 Å². The number of allylic oxidation sites excluding steroid dienone is 1. The summed E-state index contributed by atoms with van der Waals surface area (Å²) in [4.78, 5) is 6.43. The number of rotatable bonds is 4. The Balaban J connectivity index is 1.87. The number of likely N-dealkylation sites (N-methyl/N-ethyl adjacent to an activating group) is 1. The number of nitrogens with one attached hydrogen (secondary N) is 1. The summed E-state index contributed by atoms with van der Waals surface area (Å²) in [5.74, 6) is 0.929. The molecule has 0 amide bonds. The van der Waals surface area contributed by atoms with Gasteiger partial charge in [0.1, 0.15) is 5.69 Å². The third kappa shape index (κ3) is 2.39. The molecule has 2 heterocycles. The van der Waals surface area contributed by atoms with Crippen LogP contribution in [0.1, 0.15) is 5.69 Å². The van der Waals surface area contributed by atoms with E-state index in [2.05, 4.69) is 32.1 Å². The zero-order valence-corrected chi connectivity index (χ0v) is 9.43. The predicted molar refractivity (Wildman–Crippen MR) is 62.0 cm³/mol. The molecule has 1 aliphatic rings. The molecule has 86 valence electrons. The molecule has 0 radical (unpaired) electrons. The Morgan fingerprint density at radius 3 is 3.19 bits per heavy atom. The summed E-state index contributed by atoms with van der Waals surface area (Å²) in [6, 6.07) is 0. The molecule has 0 fully saturated rings. The molecule has 1 aliphatic heterocycles. The normalized spacial score (nSPS) is 15.1. The fourth-order valence-corrected chi connectivity index (χ4v) is 1.53. The number of hydrogen-bond donors (Lipinski definition) is 1. The summed E-state index contributed by atoms with van der Waals surface area (Å²) in [6.07, 6.45) is 3.70. The first-order valence-corrected chi connectivity index (χ1v) is 5.29. The van der Waals surface area contributed by atoms with Crippen LogP contribution in [0.15, 0.2) is 23.8 Å². The molecule has 0 aliphatic carbocycles. The van der Waals surface area contributed by atoms with Gasteiger partial charge in [0.2, 0.25) is 0 Å². The lowest BCUT2D eigenvalue weighted by Gasteiger charge is -2.13. The number of guanidine groups is 1. The number of hydrogen-bond acceptors (Lipinski definition) is 5. The van der Waals surface area contributed by atoms with Gasteiger partial charge in [0, 0.05) is 13.6 Å². The minimum absolute atomic E-state index is 0.653. The average Bonchev–Trinajstić information content (AvgIpc) is 2.86. The number of nitrogens with zero attached hydrogens (tertiary/aromatic N) is 5. The predicted octanol–water partition coefficient (Wildman–Crippen LogP) is -0.145. The standard InChI is InChI=1S/C10H16N6/c1-3-5-16-8-9(13-14-16)7-12-10-11-4-6-15(10)2/h3,8H,1,4-7H2,2H3,(H,11,12). The minimum atomic E-state index is 0.653. The molecule has 6 heteroatoms. The van der Waals surface area contributed by atoms with Gasteiger partial charge >= 0.3 is 0 Å². The van der Waals surface area contributed by atoms with Crippen LogP contribution in [0.3, 0.4) is 0 Å². The Bertz CT molecular complexity index is 394. The molecule has 0 saturated heterocycles. The van der Waals surface area contributed by atoms with E-state index in [1.165, 1.54) is 0 Å². The molecule has 2 rings (SSSR count). The van der Waals surface area contributed by atoms with Crippen LogP contribution in [-0.2, 0) is 13.1 Å². The molecular weight excluding hydrogens is 204 g/mol. The summed E-state index contributed by atoms with van der Waals surface area (Å²) in [5.41, 5.74) is 0.907. The van der Waals surface area contributed by atoms with Crippen molar-refractivity contribution >= 4 is 5.96 Å². The van der Waals surface area contributed by atoms with E-state index in [0.717, 1.165) is 24.7 Å². The van der Waals surface area contributed by atoms with Crippen molar-refractivity contribution < 1.29 is 0 Å². The monoisotopic (exact) mass is 220 g/mol. The summed E-state index contributed by atoms with van der Waals surface area (Å²) < 4.78 is 1.75. The first-order chi connectivity index (χ1) is 7.79. The van der Waals surface area contributed by atoms with Crippen LogP contribution >= 0.6 is 0 Å². The average molecular weight is 220 g/mol. The molecule has 0 aromatic carbocycles. The molecule has 0 saturated carbocycles. The quantitative estimate of drug-likeness (QED) is 0.717. The van der Waals surface area contributed by atoms with Crippen LogP contribution in [0.2, 0.25) is 0 Å². The zero-order valence-electron chi connectivity index (χ0n) is 9.43. The minimum Gasteiger partial charge on any atom is -0.350 e. The maximum Gasteiger partial charge on any atom is 0.194 e. The molecular formula is C10H16N6. The summed E-state index contributed by atoms with van der Waals surface area (Å²) >= 11 is 0. The van der Waals surface area contributed by atoms with Crippen molar-refractivity contribution in [2.24, 2.45) is 4.99 Å². The van der Waals surface area contributed by atoms with Crippen molar-refractivity contribution in [1.29, 1.82) is 0 Å². The lowest BCUT2D eigenvalue weighted by atomic mass is 10.4. The lowest BCUT2D eigenvalue weighted by molar-refractivity contribution is 0.533. The molecule has 0 spiro atoms. The van der Waals surface area contributed by atoms with Crippen molar-refractivity contribution in [3.8, 4) is 0 Å². The first kappa shape index (κ1) is 10.7. The van der Waals surface area contributed by atoms with Crippen molar-refractivity contribution in [2.75, 3.05) is 20.1 Å². The Morgan fingerprint density at radius 1 is 1.62 bits per heavy atom. The van der Waals surface area contributed by atoms with Crippen LogP contribution in [0.5, 0.6) is 0 Å². The van der Waals surface area contributed by atoms with Gasteiger partial charge in [-0.3, -0.25) is 4.99 Å². The maximum absolute atomic E-state index is 4.34.